The lowest BCUT2D eigenvalue weighted by Crippen LogP contribution is -2.32. The Bertz CT molecular complexity index is 957. The Hall–Kier alpha value is -1.03. The highest BCUT2D eigenvalue weighted by atomic mass is 31.3. The second-order valence-corrected chi connectivity index (χ2v) is 10.7. The van der Waals surface area contributed by atoms with Gasteiger partial charge in [-0.15, -0.1) is 0 Å². The Morgan fingerprint density at radius 3 is 2.28 bits per heavy atom. The Morgan fingerprint density at radius 1 is 1.16 bits per heavy atom. The van der Waals surface area contributed by atoms with Crippen LogP contribution in [0, 0.1) is 10.1 Å². The van der Waals surface area contributed by atoms with Gasteiger partial charge in [-0.05, 0) is 24.1 Å². The summed E-state index contributed by atoms with van der Waals surface area (Å²) in [7, 11) is -10.9. The molecule has 6 N–H and O–H groups in total. The molecule has 1 heterocycles. The molecule has 32 heavy (non-hydrogen) atoms. The molecule has 1 saturated heterocycles. The number of ether oxygens (including phenoxy) is 2. The lowest BCUT2D eigenvalue weighted by molar-refractivity contribution is -0.384. The van der Waals surface area contributed by atoms with Gasteiger partial charge in [-0.1, -0.05) is 0 Å². The van der Waals surface area contributed by atoms with Crippen LogP contribution in [0.15, 0.2) is 24.3 Å². The van der Waals surface area contributed by atoms with Crippen molar-refractivity contribution in [3.05, 3.63) is 39.9 Å². The number of nitrogens with two attached hydrogens (primary N) is 1. The van der Waals surface area contributed by atoms with Gasteiger partial charge in [-0.3, -0.25) is 14.6 Å². The maximum atomic E-state index is 11.8. The van der Waals surface area contributed by atoms with E-state index in [4.69, 9.17) is 37.7 Å². The molecule has 0 spiro atoms. The van der Waals surface area contributed by atoms with Crippen LogP contribution in [0.25, 0.3) is 0 Å². The molecular weight excluding hydrogens is 500 g/mol. The highest BCUT2D eigenvalue weighted by molar-refractivity contribution is 7.66. The maximum Gasteiger partial charge on any atom is 0.490 e. The van der Waals surface area contributed by atoms with Crippen LogP contribution in [0.5, 0.6) is 0 Å². The van der Waals surface area contributed by atoms with Crippen molar-refractivity contribution in [1.29, 1.82) is 0 Å². The van der Waals surface area contributed by atoms with Crippen molar-refractivity contribution in [3.63, 3.8) is 0 Å². The molecule has 1 aromatic carbocycles. The third kappa shape index (κ3) is 8.73. The fraction of sp³-hybridized carbons (Fsp3) is 0.500. The predicted molar refractivity (Wildman–Crippen MR) is 104 cm³/mol. The minimum absolute atomic E-state index is 0.0606. The van der Waals surface area contributed by atoms with Gasteiger partial charge in [0.15, 0.2) is 0 Å². The van der Waals surface area contributed by atoms with Crippen molar-refractivity contribution in [2.45, 2.75) is 30.9 Å². The number of non-ortho nitro benzene ring substituents is 1. The van der Waals surface area contributed by atoms with E-state index in [0.717, 1.165) is 0 Å². The highest BCUT2D eigenvalue weighted by Crippen LogP contribution is 2.66. The average molecular weight is 518 g/mol. The van der Waals surface area contributed by atoms with Crippen molar-refractivity contribution in [1.82, 2.24) is 0 Å². The summed E-state index contributed by atoms with van der Waals surface area (Å²) in [5.41, 5.74) is 6.11. The van der Waals surface area contributed by atoms with Crippen LogP contribution in [0.2, 0.25) is 0 Å². The first-order chi connectivity index (χ1) is 14.6. The number of rotatable bonds is 11. The summed E-state index contributed by atoms with van der Waals surface area (Å²) in [6.45, 7) is -0.769. The smallest absolute Gasteiger partial charge is 0.380 e. The molecule has 6 atom stereocenters. The number of hydrogen-bond acceptors (Lipinski definition) is 11. The van der Waals surface area contributed by atoms with E-state index in [1.165, 1.54) is 24.3 Å². The highest BCUT2D eigenvalue weighted by Gasteiger charge is 2.42. The zero-order chi connectivity index (χ0) is 24.3. The van der Waals surface area contributed by atoms with Gasteiger partial charge in [0.05, 0.1) is 17.6 Å². The molecule has 20 heteroatoms. The number of nitro groups is 1. The molecular formula is C12H18BN2O14P3. The summed E-state index contributed by atoms with van der Waals surface area (Å²) in [4.78, 5) is 45.8. The summed E-state index contributed by atoms with van der Waals surface area (Å²) >= 11 is 0. The number of nitro benzene ring substituents is 1. The minimum atomic E-state index is -5.66. The number of hydrogen-bond donors (Lipinski definition) is 5. The zero-order valence-electron chi connectivity index (χ0n) is 15.8. The topological polar surface area (TPSA) is 247 Å². The average Bonchev–Trinajstić information content (AvgIpc) is 2.96. The molecule has 0 saturated carbocycles. The van der Waals surface area contributed by atoms with Crippen LogP contribution in [-0.4, -0.2) is 57.2 Å². The van der Waals surface area contributed by atoms with Crippen LogP contribution >= 0.6 is 23.5 Å². The number of benzene rings is 1. The summed E-state index contributed by atoms with van der Waals surface area (Å²) in [5.74, 6) is 0. The van der Waals surface area contributed by atoms with Gasteiger partial charge >= 0.3 is 23.5 Å². The summed E-state index contributed by atoms with van der Waals surface area (Å²) in [6.07, 6.45) is -3.05. The van der Waals surface area contributed by atoms with Gasteiger partial charge in [-0.2, -0.15) is 8.62 Å². The Kier molecular flexibility index (Phi) is 8.93. The van der Waals surface area contributed by atoms with Crippen LogP contribution in [0.3, 0.4) is 0 Å². The van der Waals surface area contributed by atoms with E-state index in [2.05, 4.69) is 13.1 Å². The summed E-state index contributed by atoms with van der Waals surface area (Å²) in [6, 6.07) is 4.25. The monoisotopic (exact) mass is 518 g/mol. The lowest BCUT2D eigenvalue weighted by Gasteiger charge is -2.24. The SMILES string of the molecule is [B]C1CC(OC(N)c2ccc([N+](=O)[O-])cc2)C(COP(=O)(O)OP(=O)(O)OP(=O)(O)O)O1. The van der Waals surface area contributed by atoms with Crippen molar-refractivity contribution < 1.29 is 60.8 Å². The molecule has 2 rings (SSSR count). The van der Waals surface area contributed by atoms with E-state index in [0.29, 0.717) is 5.56 Å². The zero-order valence-corrected chi connectivity index (χ0v) is 18.5. The standard InChI is InChI=1S/C12H18BN2O14P3/c13-11-5-9(27-12(14)7-1-3-8(4-2-7)15(16)17)10(26-11)6-25-31(21,22)29-32(23,24)28-30(18,19)20/h1-4,9-12H,5-6,14H2,(H,21,22)(H,23,24)(H2,18,19,20). The van der Waals surface area contributed by atoms with E-state index in [-0.39, 0.29) is 12.1 Å². The molecule has 0 bridgehead atoms. The summed E-state index contributed by atoms with van der Waals surface area (Å²) in [5, 5.41) is 10.7. The van der Waals surface area contributed by atoms with E-state index >= 15 is 0 Å². The fourth-order valence-electron chi connectivity index (χ4n) is 2.56. The Morgan fingerprint density at radius 2 is 1.75 bits per heavy atom. The Balaban J connectivity index is 1.98. The largest absolute Gasteiger partial charge is 0.490 e. The molecule has 178 valence electrons. The number of phosphoric acid groups is 3. The van der Waals surface area contributed by atoms with E-state index in [9.17, 15) is 28.7 Å². The quantitative estimate of drug-likeness (QED) is 0.0883. The van der Waals surface area contributed by atoms with E-state index < -0.39 is 59.4 Å². The molecule has 1 fully saturated rings. The second-order valence-electron chi connectivity index (χ2n) is 6.28. The van der Waals surface area contributed by atoms with Gasteiger partial charge in [0.2, 0.25) is 0 Å². The van der Waals surface area contributed by atoms with Crippen LogP contribution in [0.1, 0.15) is 18.2 Å². The minimum Gasteiger partial charge on any atom is -0.380 e. The molecule has 1 aliphatic rings. The predicted octanol–water partition coefficient (Wildman–Crippen LogP) is 0.564. The Labute approximate surface area is 181 Å². The second kappa shape index (κ2) is 10.5. The first-order valence-corrected chi connectivity index (χ1v) is 12.9. The van der Waals surface area contributed by atoms with Crippen molar-refractivity contribution in [3.8, 4) is 0 Å². The molecule has 2 radical (unpaired) electrons. The van der Waals surface area contributed by atoms with E-state index in [1.807, 2.05) is 0 Å². The number of phosphoric ester groups is 1. The number of nitrogens with zero attached hydrogens (tertiary/aromatic N) is 1. The van der Waals surface area contributed by atoms with Gasteiger partial charge in [-0.25, -0.2) is 13.7 Å². The molecule has 0 aliphatic carbocycles. The summed E-state index contributed by atoms with van der Waals surface area (Å²) < 4.78 is 56.4. The maximum absolute atomic E-state index is 11.8. The molecule has 1 aliphatic heterocycles. The van der Waals surface area contributed by atoms with Crippen LogP contribution in [-0.2, 0) is 36.3 Å². The normalized spacial score (nSPS) is 26.2. The van der Waals surface area contributed by atoms with Gasteiger partial charge < -0.3 is 34.8 Å². The molecule has 6 unspecified atom stereocenters. The first-order valence-electron chi connectivity index (χ1n) is 8.42. The first kappa shape index (κ1) is 27.2. The third-order valence-electron chi connectivity index (χ3n) is 3.80. The van der Waals surface area contributed by atoms with Crippen molar-refractivity contribution in [2.75, 3.05) is 6.61 Å². The molecule has 16 nitrogen and oxygen atoms in total. The van der Waals surface area contributed by atoms with Gasteiger partial charge in [0.25, 0.3) is 5.69 Å². The molecule has 1 aromatic rings. The fourth-order valence-corrected chi connectivity index (χ4v) is 5.59. The molecule has 0 aromatic heterocycles. The van der Waals surface area contributed by atoms with Gasteiger partial charge in [0.1, 0.15) is 20.2 Å². The van der Waals surface area contributed by atoms with Crippen molar-refractivity contribution >= 4 is 37.0 Å². The molecule has 0 amide bonds. The van der Waals surface area contributed by atoms with Crippen molar-refractivity contribution in [2.24, 2.45) is 5.73 Å². The lowest BCUT2D eigenvalue weighted by atomic mass is 9.96. The van der Waals surface area contributed by atoms with Crippen LogP contribution < -0.4 is 5.73 Å². The van der Waals surface area contributed by atoms with Gasteiger partial charge in [0, 0.05) is 18.1 Å². The van der Waals surface area contributed by atoms with Crippen LogP contribution in [0.4, 0.5) is 5.69 Å². The van der Waals surface area contributed by atoms with E-state index in [1.54, 1.807) is 0 Å². The third-order valence-corrected chi connectivity index (χ3v) is 7.60.